The second kappa shape index (κ2) is 5.75. The van der Waals surface area contributed by atoms with Crippen molar-refractivity contribution in [1.29, 1.82) is 0 Å². The lowest BCUT2D eigenvalue weighted by atomic mass is 10.3. The van der Waals surface area contributed by atoms with Crippen molar-refractivity contribution in [3.8, 4) is 0 Å². The lowest BCUT2D eigenvalue weighted by Gasteiger charge is -2.21. The number of alkyl halides is 2. The molecular formula is C11H18F2N4. The van der Waals surface area contributed by atoms with E-state index in [9.17, 15) is 8.78 Å². The summed E-state index contributed by atoms with van der Waals surface area (Å²) in [6.45, 7) is 5.94. The van der Waals surface area contributed by atoms with Crippen LogP contribution in [0.15, 0.2) is 0 Å². The summed E-state index contributed by atoms with van der Waals surface area (Å²) < 4.78 is 24.7. The van der Waals surface area contributed by atoms with E-state index in [4.69, 9.17) is 0 Å². The quantitative estimate of drug-likeness (QED) is 0.862. The van der Waals surface area contributed by atoms with Gasteiger partial charge in [-0.2, -0.15) is 0 Å². The predicted molar refractivity (Wildman–Crippen MR) is 64.9 cm³/mol. The van der Waals surface area contributed by atoms with Crippen LogP contribution in [0.3, 0.4) is 0 Å². The molecule has 0 atom stereocenters. The Morgan fingerprint density at radius 2 is 1.94 bits per heavy atom. The van der Waals surface area contributed by atoms with Crippen LogP contribution in [-0.2, 0) is 0 Å². The standard InChI is InChI=1S/C11H18F2N4/c1-5-14-10-7(2)11(16-8(3)15-10)17(4)6-9(12)13/h9H,5-6H2,1-4H3,(H,14,15,16). The minimum Gasteiger partial charge on any atom is -0.370 e. The Morgan fingerprint density at radius 3 is 2.47 bits per heavy atom. The molecule has 0 aromatic carbocycles. The third kappa shape index (κ3) is 3.51. The number of aromatic nitrogens is 2. The van der Waals surface area contributed by atoms with E-state index in [-0.39, 0.29) is 6.54 Å². The molecular weight excluding hydrogens is 226 g/mol. The zero-order chi connectivity index (χ0) is 13.0. The zero-order valence-corrected chi connectivity index (χ0v) is 10.6. The second-order valence-electron chi connectivity index (χ2n) is 3.87. The molecule has 0 saturated carbocycles. The van der Waals surface area contributed by atoms with Crippen molar-refractivity contribution >= 4 is 11.6 Å². The van der Waals surface area contributed by atoms with Crippen molar-refractivity contribution < 1.29 is 8.78 Å². The highest BCUT2D eigenvalue weighted by atomic mass is 19.3. The SMILES string of the molecule is CCNc1nc(C)nc(N(C)CC(F)F)c1C. The van der Waals surface area contributed by atoms with E-state index in [1.165, 1.54) is 4.90 Å². The summed E-state index contributed by atoms with van der Waals surface area (Å²) in [4.78, 5) is 9.91. The first-order chi connectivity index (χ1) is 7.95. The minimum absolute atomic E-state index is 0.330. The van der Waals surface area contributed by atoms with Gasteiger partial charge < -0.3 is 10.2 Å². The number of aryl methyl sites for hydroxylation is 1. The predicted octanol–water partition coefficient (Wildman–Crippen LogP) is 2.23. The number of anilines is 2. The number of nitrogens with zero attached hydrogens (tertiary/aromatic N) is 3. The second-order valence-corrected chi connectivity index (χ2v) is 3.87. The maximum atomic E-state index is 12.4. The van der Waals surface area contributed by atoms with E-state index < -0.39 is 6.43 Å². The summed E-state index contributed by atoms with van der Waals surface area (Å²) in [5, 5.41) is 3.10. The molecule has 0 radical (unpaired) electrons. The number of nitrogens with one attached hydrogen (secondary N) is 1. The first-order valence-electron chi connectivity index (χ1n) is 5.54. The summed E-state index contributed by atoms with van der Waals surface area (Å²) >= 11 is 0. The zero-order valence-electron chi connectivity index (χ0n) is 10.6. The van der Waals surface area contributed by atoms with Gasteiger partial charge in [-0.05, 0) is 20.8 Å². The first-order valence-corrected chi connectivity index (χ1v) is 5.54. The molecule has 0 aliphatic rings. The van der Waals surface area contributed by atoms with Gasteiger partial charge in [0.2, 0.25) is 0 Å². The molecule has 17 heavy (non-hydrogen) atoms. The minimum atomic E-state index is -2.38. The van der Waals surface area contributed by atoms with Gasteiger partial charge in [0.05, 0.1) is 6.54 Å². The van der Waals surface area contributed by atoms with Crippen LogP contribution < -0.4 is 10.2 Å². The van der Waals surface area contributed by atoms with Gasteiger partial charge in [-0.1, -0.05) is 0 Å². The van der Waals surface area contributed by atoms with Crippen LogP contribution in [0.1, 0.15) is 18.3 Å². The van der Waals surface area contributed by atoms with E-state index >= 15 is 0 Å². The Kier molecular flexibility index (Phi) is 4.60. The first kappa shape index (κ1) is 13.6. The van der Waals surface area contributed by atoms with Crippen LogP contribution in [-0.4, -0.2) is 36.5 Å². The van der Waals surface area contributed by atoms with Crippen molar-refractivity contribution in [3.63, 3.8) is 0 Å². The van der Waals surface area contributed by atoms with Crippen LogP contribution in [0.4, 0.5) is 20.4 Å². The van der Waals surface area contributed by atoms with Crippen LogP contribution in [0.5, 0.6) is 0 Å². The molecule has 0 bridgehead atoms. The van der Waals surface area contributed by atoms with Gasteiger partial charge in [-0.15, -0.1) is 0 Å². The molecule has 0 aliphatic carbocycles. The van der Waals surface area contributed by atoms with Crippen molar-refractivity contribution in [2.45, 2.75) is 27.2 Å². The number of rotatable bonds is 5. The molecule has 96 valence electrons. The molecule has 0 saturated heterocycles. The molecule has 0 unspecified atom stereocenters. The highest BCUT2D eigenvalue weighted by Gasteiger charge is 2.15. The largest absolute Gasteiger partial charge is 0.370 e. The van der Waals surface area contributed by atoms with Crippen molar-refractivity contribution in [1.82, 2.24) is 9.97 Å². The van der Waals surface area contributed by atoms with Gasteiger partial charge in [-0.25, -0.2) is 18.7 Å². The van der Waals surface area contributed by atoms with Crippen molar-refractivity contribution in [3.05, 3.63) is 11.4 Å². The maximum Gasteiger partial charge on any atom is 0.255 e. The average molecular weight is 244 g/mol. The van der Waals surface area contributed by atoms with E-state index in [0.717, 1.165) is 12.1 Å². The van der Waals surface area contributed by atoms with Gasteiger partial charge >= 0.3 is 0 Å². The third-order valence-electron chi connectivity index (χ3n) is 2.35. The van der Waals surface area contributed by atoms with Gasteiger partial charge in [0.15, 0.2) is 0 Å². The smallest absolute Gasteiger partial charge is 0.255 e. The molecule has 1 aromatic heterocycles. The average Bonchev–Trinajstić information content (AvgIpc) is 2.22. The molecule has 6 heteroatoms. The monoisotopic (exact) mass is 244 g/mol. The Balaban J connectivity index is 3.05. The van der Waals surface area contributed by atoms with Crippen LogP contribution in [0, 0.1) is 13.8 Å². The normalized spacial score (nSPS) is 10.8. The number of hydrogen-bond donors (Lipinski definition) is 1. The molecule has 1 N–H and O–H groups in total. The van der Waals surface area contributed by atoms with Gasteiger partial charge in [0, 0.05) is 19.2 Å². The van der Waals surface area contributed by atoms with Gasteiger partial charge in [0.1, 0.15) is 17.5 Å². The Morgan fingerprint density at radius 1 is 1.29 bits per heavy atom. The van der Waals surface area contributed by atoms with Crippen LogP contribution >= 0.6 is 0 Å². The summed E-state index contributed by atoms with van der Waals surface area (Å²) in [5.74, 6) is 1.83. The number of halogens is 2. The molecule has 4 nitrogen and oxygen atoms in total. The fourth-order valence-electron chi connectivity index (χ4n) is 1.62. The molecule has 0 amide bonds. The Bertz CT molecular complexity index is 382. The topological polar surface area (TPSA) is 41.1 Å². The maximum absolute atomic E-state index is 12.4. The van der Waals surface area contributed by atoms with E-state index in [2.05, 4.69) is 15.3 Å². The van der Waals surface area contributed by atoms with Crippen LogP contribution in [0.2, 0.25) is 0 Å². The Hall–Kier alpha value is -1.46. The molecule has 1 aromatic rings. The fourth-order valence-corrected chi connectivity index (χ4v) is 1.62. The summed E-state index contributed by atoms with van der Waals surface area (Å²) in [7, 11) is 1.61. The molecule has 0 spiro atoms. The van der Waals surface area contributed by atoms with E-state index in [0.29, 0.717) is 17.5 Å². The van der Waals surface area contributed by atoms with Crippen LogP contribution in [0.25, 0.3) is 0 Å². The highest BCUT2D eigenvalue weighted by molar-refractivity contribution is 5.58. The molecule has 0 aliphatic heterocycles. The third-order valence-corrected chi connectivity index (χ3v) is 2.35. The number of hydrogen-bond acceptors (Lipinski definition) is 4. The fraction of sp³-hybridized carbons (Fsp3) is 0.636. The van der Waals surface area contributed by atoms with Crippen molar-refractivity contribution in [2.24, 2.45) is 0 Å². The molecule has 1 rings (SSSR count). The molecule has 0 fully saturated rings. The summed E-state index contributed by atoms with van der Waals surface area (Å²) in [6.07, 6.45) is -2.38. The van der Waals surface area contributed by atoms with Gasteiger partial charge in [-0.3, -0.25) is 0 Å². The lowest BCUT2D eigenvalue weighted by Crippen LogP contribution is -2.26. The molecule has 1 heterocycles. The summed E-state index contributed by atoms with van der Waals surface area (Å²) in [6, 6.07) is 0. The van der Waals surface area contributed by atoms with E-state index in [1.54, 1.807) is 14.0 Å². The van der Waals surface area contributed by atoms with Crippen molar-refractivity contribution in [2.75, 3.05) is 30.4 Å². The van der Waals surface area contributed by atoms with E-state index in [1.807, 2.05) is 13.8 Å². The summed E-state index contributed by atoms with van der Waals surface area (Å²) in [5.41, 5.74) is 0.792. The lowest BCUT2D eigenvalue weighted by molar-refractivity contribution is 0.156. The Labute approximate surface area is 100 Å². The highest BCUT2D eigenvalue weighted by Crippen LogP contribution is 2.22. The van der Waals surface area contributed by atoms with Gasteiger partial charge in [0.25, 0.3) is 6.43 Å².